The molecule has 0 saturated carbocycles. The van der Waals surface area contributed by atoms with Gasteiger partial charge in [0.15, 0.2) is 11.6 Å². The van der Waals surface area contributed by atoms with Gasteiger partial charge in [0.2, 0.25) is 5.91 Å². The number of likely N-dealkylation sites (N-methyl/N-ethyl adjacent to an activating group) is 1. The molecule has 1 amide bonds. The van der Waals surface area contributed by atoms with E-state index in [1.807, 2.05) is 66.7 Å². The molecule has 0 spiro atoms. The SMILES string of the molecule is CCn1cc(-c2nnc3n2[C@@H](Cc2ccccc2)C(=O)N(C)C3)c(C)n1. The molecule has 0 saturated heterocycles. The van der Waals surface area contributed by atoms with E-state index in [1.54, 1.807) is 4.90 Å². The molecule has 1 atom stereocenters. The van der Waals surface area contributed by atoms with Crippen molar-refractivity contribution in [3.63, 3.8) is 0 Å². The largest absolute Gasteiger partial charge is 0.336 e. The molecule has 0 aliphatic carbocycles. The van der Waals surface area contributed by atoms with Crippen LogP contribution in [0.15, 0.2) is 36.5 Å². The highest BCUT2D eigenvalue weighted by atomic mass is 16.2. The third kappa shape index (κ3) is 2.69. The average molecular weight is 350 g/mol. The first-order chi connectivity index (χ1) is 12.6. The molecule has 1 aliphatic heterocycles. The lowest BCUT2D eigenvalue weighted by molar-refractivity contribution is -0.135. The Bertz CT molecular complexity index is 942. The van der Waals surface area contributed by atoms with Gasteiger partial charge in [0.25, 0.3) is 0 Å². The van der Waals surface area contributed by atoms with Gasteiger partial charge in [0.1, 0.15) is 6.04 Å². The molecular weight excluding hydrogens is 328 g/mol. The number of aromatic nitrogens is 5. The van der Waals surface area contributed by atoms with Crippen LogP contribution in [0, 0.1) is 6.92 Å². The molecule has 7 heteroatoms. The van der Waals surface area contributed by atoms with Crippen LogP contribution in [-0.2, 0) is 24.3 Å². The molecule has 0 bridgehead atoms. The maximum atomic E-state index is 12.9. The number of benzene rings is 1. The van der Waals surface area contributed by atoms with Crippen molar-refractivity contribution in [3.05, 3.63) is 53.6 Å². The number of hydrogen-bond acceptors (Lipinski definition) is 4. The van der Waals surface area contributed by atoms with Crippen LogP contribution in [0.25, 0.3) is 11.4 Å². The third-order valence-electron chi connectivity index (χ3n) is 4.90. The summed E-state index contributed by atoms with van der Waals surface area (Å²) in [5.41, 5.74) is 2.95. The van der Waals surface area contributed by atoms with E-state index in [0.29, 0.717) is 13.0 Å². The van der Waals surface area contributed by atoms with Crippen LogP contribution < -0.4 is 0 Å². The van der Waals surface area contributed by atoms with Crippen LogP contribution in [0.4, 0.5) is 0 Å². The van der Waals surface area contributed by atoms with E-state index in [2.05, 4.69) is 15.3 Å². The Morgan fingerprint density at radius 3 is 2.65 bits per heavy atom. The maximum absolute atomic E-state index is 12.9. The van der Waals surface area contributed by atoms with E-state index in [9.17, 15) is 4.79 Å². The van der Waals surface area contributed by atoms with E-state index in [-0.39, 0.29) is 11.9 Å². The van der Waals surface area contributed by atoms with Gasteiger partial charge in [-0.2, -0.15) is 5.10 Å². The lowest BCUT2D eigenvalue weighted by Crippen LogP contribution is -2.41. The number of rotatable bonds is 4. The smallest absolute Gasteiger partial charge is 0.246 e. The first-order valence-corrected chi connectivity index (χ1v) is 8.85. The number of aryl methyl sites for hydroxylation is 2. The molecule has 7 nitrogen and oxygen atoms in total. The van der Waals surface area contributed by atoms with Crippen molar-refractivity contribution in [2.45, 2.75) is 39.4 Å². The first-order valence-electron chi connectivity index (χ1n) is 8.85. The molecule has 26 heavy (non-hydrogen) atoms. The molecule has 0 unspecified atom stereocenters. The van der Waals surface area contributed by atoms with E-state index in [0.717, 1.165) is 35.0 Å². The van der Waals surface area contributed by atoms with Crippen LogP contribution in [-0.4, -0.2) is 42.4 Å². The fourth-order valence-corrected chi connectivity index (χ4v) is 3.51. The van der Waals surface area contributed by atoms with E-state index < -0.39 is 0 Å². The molecule has 4 rings (SSSR count). The van der Waals surface area contributed by atoms with Gasteiger partial charge in [-0.25, -0.2) is 0 Å². The Kier molecular flexibility index (Phi) is 4.06. The summed E-state index contributed by atoms with van der Waals surface area (Å²) in [6.07, 6.45) is 2.60. The normalized spacial score (nSPS) is 16.8. The minimum absolute atomic E-state index is 0.0861. The summed E-state index contributed by atoms with van der Waals surface area (Å²) in [7, 11) is 1.82. The maximum Gasteiger partial charge on any atom is 0.246 e. The zero-order valence-corrected chi connectivity index (χ0v) is 15.3. The van der Waals surface area contributed by atoms with Crippen LogP contribution in [0.2, 0.25) is 0 Å². The van der Waals surface area contributed by atoms with Gasteiger partial charge in [-0.15, -0.1) is 10.2 Å². The van der Waals surface area contributed by atoms with Crippen LogP contribution in [0.5, 0.6) is 0 Å². The number of nitrogens with zero attached hydrogens (tertiary/aromatic N) is 6. The van der Waals surface area contributed by atoms with Crippen LogP contribution in [0.1, 0.15) is 30.0 Å². The zero-order valence-electron chi connectivity index (χ0n) is 15.3. The minimum atomic E-state index is -0.347. The Morgan fingerprint density at radius 1 is 1.19 bits per heavy atom. The van der Waals surface area contributed by atoms with Crippen molar-refractivity contribution in [1.82, 2.24) is 29.4 Å². The molecular formula is C19H22N6O. The molecule has 0 fully saturated rings. The summed E-state index contributed by atoms with van der Waals surface area (Å²) in [6.45, 7) is 5.27. The second-order valence-electron chi connectivity index (χ2n) is 6.69. The summed E-state index contributed by atoms with van der Waals surface area (Å²) in [5, 5.41) is 13.3. The monoisotopic (exact) mass is 350 g/mol. The van der Waals surface area contributed by atoms with Crippen molar-refractivity contribution in [1.29, 1.82) is 0 Å². The van der Waals surface area contributed by atoms with Crippen LogP contribution >= 0.6 is 0 Å². The highest BCUT2D eigenvalue weighted by Crippen LogP contribution is 2.31. The molecule has 2 aromatic heterocycles. The van der Waals surface area contributed by atoms with E-state index in [4.69, 9.17) is 0 Å². The lowest BCUT2D eigenvalue weighted by Gasteiger charge is -2.31. The van der Waals surface area contributed by atoms with Crippen molar-refractivity contribution in [2.24, 2.45) is 0 Å². The lowest BCUT2D eigenvalue weighted by atomic mass is 10.0. The topological polar surface area (TPSA) is 68.8 Å². The quantitative estimate of drug-likeness (QED) is 0.723. The molecule has 0 N–H and O–H groups in total. The second-order valence-corrected chi connectivity index (χ2v) is 6.69. The van der Waals surface area contributed by atoms with Crippen LogP contribution in [0.3, 0.4) is 0 Å². The summed E-state index contributed by atoms with van der Waals surface area (Å²) in [4.78, 5) is 14.7. The molecule has 3 aromatic rings. The Hall–Kier alpha value is -2.96. The third-order valence-corrected chi connectivity index (χ3v) is 4.90. The fourth-order valence-electron chi connectivity index (χ4n) is 3.51. The molecule has 134 valence electrons. The molecule has 3 heterocycles. The van der Waals surface area contributed by atoms with Gasteiger partial charge in [-0.3, -0.25) is 14.0 Å². The predicted molar refractivity (Wildman–Crippen MR) is 97.3 cm³/mol. The molecule has 1 aromatic carbocycles. The van der Waals surface area contributed by atoms with Crippen molar-refractivity contribution in [2.75, 3.05) is 7.05 Å². The highest BCUT2D eigenvalue weighted by molar-refractivity contribution is 5.82. The van der Waals surface area contributed by atoms with Gasteiger partial charge in [-0.1, -0.05) is 30.3 Å². The Balaban J connectivity index is 1.81. The number of carbonyl (C=O) groups excluding carboxylic acids is 1. The van der Waals surface area contributed by atoms with E-state index >= 15 is 0 Å². The summed E-state index contributed by atoms with van der Waals surface area (Å²) >= 11 is 0. The standard InChI is InChI=1S/C19H22N6O/c1-4-24-11-15(13(2)22-24)18-21-20-17-12-23(3)19(26)16(25(17)18)10-14-8-6-5-7-9-14/h5-9,11,16H,4,10,12H2,1-3H3/t16-/m0/s1. The van der Waals surface area contributed by atoms with E-state index in [1.165, 1.54) is 0 Å². The summed E-state index contributed by atoms with van der Waals surface area (Å²) in [5.74, 6) is 1.62. The predicted octanol–water partition coefficient (Wildman–Crippen LogP) is 2.23. The number of fused-ring (bicyclic) bond motifs is 1. The number of hydrogen-bond donors (Lipinski definition) is 0. The van der Waals surface area contributed by atoms with Gasteiger partial charge in [-0.05, 0) is 19.4 Å². The number of amides is 1. The first kappa shape index (κ1) is 16.5. The average Bonchev–Trinajstić information content (AvgIpc) is 3.22. The number of carbonyl (C=O) groups is 1. The van der Waals surface area contributed by atoms with Gasteiger partial charge >= 0.3 is 0 Å². The summed E-state index contributed by atoms with van der Waals surface area (Å²) < 4.78 is 3.88. The zero-order chi connectivity index (χ0) is 18.3. The van der Waals surface area contributed by atoms with Crippen molar-refractivity contribution in [3.8, 4) is 11.4 Å². The van der Waals surface area contributed by atoms with Crippen molar-refractivity contribution >= 4 is 5.91 Å². The highest BCUT2D eigenvalue weighted by Gasteiger charge is 2.35. The van der Waals surface area contributed by atoms with Crippen molar-refractivity contribution < 1.29 is 4.79 Å². The van der Waals surface area contributed by atoms with Gasteiger partial charge in [0.05, 0.1) is 17.8 Å². The molecule has 0 radical (unpaired) electrons. The second kappa shape index (κ2) is 6.40. The van der Waals surface area contributed by atoms with Gasteiger partial charge in [0, 0.05) is 26.2 Å². The Labute approximate surface area is 152 Å². The summed E-state index contributed by atoms with van der Waals surface area (Å²) in [6, 6.07) is 9.72. The Morgan fingerprint density at radius 2 is 1.96 bits per heavy atom. The molecule has 1 aliphatic rings. The van der Waals surface area contributed by atoms with Gasteiger partial charge < -0.3 is 4.90 Å². The minimum Gasteiger partial charge on any atom is -0.336 e. The fraction of sp³-hybridized carbons (Fsp3) is 0.368.